The van der Waals surface area contributed by atoms with Crippen molar-refractivity contribution in [3.05, 3.63) is 0 Å². The maximum absolute atomic E-state index is 5.55. The number of hydrogen-bond acceptors (Lipinski definition) is 7. The third-order valence-electron chi connectivity index (χ3n) is 2.80. The minimum Gasteiger partial charge on any atom is -0.464 e. The third-order valence-corrected chi connectivity index (χ3v) is 2.80. The van der Waals surface area contributed by atoms with Crippen molar-refractivity contribution in [1.82, 2.24) is 15.0 Å². The highest BCUT2D eigenvalue weighted by molar-refractivity contribution is 5.35. The molecule has 1 aromatic heterocycles. The fourth-order valence-electron chi connectivity index (χ4n) is 1.64. The Morgan fingerprint density at radius 1 is 1.10 bits per heavy atom. The van der Waals surface area contributed by atoms with Gasteiger partial charge in [-0.15, -0.1) is 0 Å². The standard InChI is InChI=1S/C13H23N5O2/c1-3-14-11-16-12(18-13(17-11)20-4-2)15-7-8-19-9-10-5-6-10/h10H,3-9H2,1-2H3,(H2,14,15,16,17,18). The molecule has 7 nitrogen and oxygen atoms in total. The van der Waals surface area contributed by atoms with Gasteiger partial charge in [-0.25, -0.2) is 0 Å². The summed E-state index contributed by atoms with van der Waals surface area (Å²) in [7, 11) is 0. The van der Waals surface area contributed by atoms with Crippen molar-refractivity contribution in [2.75, 3.05) is 43.5 Å². The van der Waals surface area contributed by atoms with Gasteiger partial charge < -0.3 is 20.1 Å². The second kappa shape index (κ2) is 7.84. The SMILES string of the molecule is CCNc1nc(NCCOCC2CC2)nc(OCC)n1. The van der Waals surface area contributed by atoms with Crippen LogP contribution >= 0.6 is 0 Å². The normalized spacial score (nSPS) is 14.1. The van der Waals surface area contributed by atoms with Gasteiger partial charge in [0.2, 0.25) is 11.9 Å². The Bertz CT molecular complexity index is 387. The van der Waals surface area contributed by atoms with Gasteiger partial charge in [-0.3, -0.25) is 0 Å². The second-order valence-electron chi connectivity index (χ2n) is 4.67. The third kappa shape index (κ3) is 5.16. The van der Waals surface area contributed by atoms with Crippen molar-refractivity contribution in [1.29, 1.82) is 0 Å². The summed E-state index contributed by atoms with van der Waals surface area (Å²) in [6.07, 6.45) is 2.62. The average Bonchev–Trinajstić information content (AvgIpc) is 3.23. The molecule has 0 aromatic carbocycles. The summed E-state index contributed by atoms with van der Waals surface area (Å²) in [5.41, 5.74) is 0. The van der Waals surface area contributed by atoms with Crippen LogP contribution < -0.4 is 15.4 Å². The molecule has 1 aliphatic carbocycles. The Hall–Kier alpha value is -1.63. The summed E-state index contributed by atoms with van der Waals surface area (Å²) in [6, 6.07) is 0.333. The molecule has 1 fully saturated rings. The van der Waals surface area contributed by atoms with E-state index in [1.54, 1.807) is 0 Å². The largest absolute Gasteiger partial charge is 0.464 e. The smallest absolute Gasteiger partial charge is 0.323 e. The molecule has 112 valence electrons. The molecule has 0 radical (unpaired) electrons. The van der Waals surface area contributed by atoms with E-state index in [4.69, 9.17) is 9.47 Å². The first-order valence-electron chi connectivity index (χ1n) is 7.26. The topological polar surface area (TPSA) is 81.2 Å². The number of ether oxygens (including phenoxy) is 2. The molecule has 1 aromatic rings. The van der Waals surface area contributed by atoms with Crippen LogP contribution in [0.1, 0.15) is 26.7 Å². The summed E-state index contributed by atoms with van der Waals surface area (Å²) < 4.78 is 10.9. The molecular weight excluding hydrogens is 258 g/mol. The molecule has 0 aliphatic heterocycles. The van der Waals surface area contributed by atoms with Crippen LogP contribution in [0.3, 0.4) is 0 Å². The van der Waals surface area contributed by atoms with Crippen LogP contribution in [0.4, 0.5) is 11.9 Å². The lowest BCUT2D eigenvalue weighted by molar-refractivity contribution is 0.133. The van der Waals surface area contributed by atoms with Gasteiger partial charge in [0.25, 0.3) is 0 Å². The first kappa shape index (κ1) is 14.8. The zero-order chi connectivity index (χ0) is 14.2. The number of rotatable bonds is 10. The molecule has 2 N–H and O–H groups in total. The van der Waals surface area contributed by atoms with Crippen molar-refractivity contribution in [3.8, 4) is 6.01 Å². The highest BCUT2D eigenvalue weighted by Gasteiger charge is 2.20. The predicted molar refractivity (Wildman–Crippen MR) is 77.2 cm³/mol. The van der Waals surface area contributed by atoms with Crippen molar-refractivity contribution >= 4 is 11.9 Å². The van der Waals surface area contributed by atoms with Crippen LogP contribution in [0.2, 0.25) is 0 Å². The van der Waals surface area contributed by atoms with E-state index in [0.717, 1.165) is 19.1 Å². The van der Waals surface area contributed by atoms with Gasteiger partial charge in [0.1, 0.15) is 0 Å². The molecule has 0 amide bonds. The average molecular weight is 281 g/mol. The minimum atomic E-state index is 0.333. The molecule has 1 heterocycles. The number of nitrogens with one attached hydrogen (secondary N) is 2. The van der Waals surface area contributed by atoms with E-state index in [-0.39, 0.29) is 0 Å². The van der Waals surface area contributed by atoms with Crippen molar-refractivity contribution in [2.45, 2.75) is 26.7 Å². The highest BCUT2D eigenvalue weighted by atomic mass is 16.5. The van der Waals surface area contributed by atoms with Gasteiger partial charge in [0, 0.05) is 19.7 Å². The molecule has 0 bridgehead atoms. The number of nitrogens with zero attached hydrogens (tertiary/aromatic N) is 3. The van der Waals surface area contributed by atoms with Crippen LogP contribution in [0.15, 0.2) is 0 Å². The van der Waals surface area contributed by atoms with Gasteiger partial charge in [0.05, 0.1) is 13.2 Å². The number of hydrogen-bond donors (Lipinski definition) is 2. The van der Waals surface area contributed by atoms with Crippen molar-refractivity contribution in [2.24, 2.45) is 5.92 Å². The van der Waals surface area contributed by atoms with Gasteiger partial charge in [0.15, 0.2) is 0 Å². The first-order valence-corrected chi connectivity index (χ1v) is 7.26. The van der Waals surface area contributed by atoms with Crippen LogP contribution in [0.25, 0.3) is 0 Å². The zero-order valence-electron chi connectivity index (χ0n) is 12.2. The lowest BCUT2D eigenvalue weighted by Crippen LogP contribution is -2.15. The zero-order valence-corrected chi connectivity index (χ0v) is 12.2. The van der Waals surface area contributed by atoms with E-state index >= 15 is 0 Å². The Labute approximate surface area is 119 Å². The molecule has 2 rings (SSSR count). The van der Waals surface area contributed by atoms with Gasteiger partial charge in [-0.1, -0.05) is 0 Å². The monoisotopic (exact) mass is 281 g/mol. The van der Waals surface area contributed by atoms with E-state index in [2.05, 4.69) is 25.6 Å². The molecule has 0 saturated heterocycles. The minimum absolute atomic E-state index is 0.333. The summed E-state index contributed by atoms with van der Waals surface area (Å²) in [6.45, 7) is 7.36. The lowest BCUT2D eigenvalue weighted by Gasteiger charge is -2.09. The van der Waals surface area contributed by atoms with Crippen molar-refractivity contribution < 1.29 is 9.47 Å². The lowest BCUT2D eigenvalue weighted by atomic mass is 10.5. The van der Waals surface area contributed by atoms with Gasteiger partial charge in [-0.2, -0.15) is 15.0 Å². The second-order valence-corrected chi connectivity index (χ2v) is 4.67. The summed E-state index contributed by atoms with van der Waals surface area (Å²) in [5, 5.41) is 6.19. The molecule has 0 unspecified atom stereocenters. The molecule has 1 saturated carbocycles. The quantitative estimate of drug-likeness (QED) is 0.629. The molecule has 0 atom stereocenters. The molecule has 1 aliphatic rings. The summed E-state index contributed by atoms with van der Waals surface area (Å²) in [4.78, 5) is 12.6. The van der Waals surface area contributed by atoms with Crippen LogP contribution in [0.5, 0.6) is 6.01 Å². The fraction of sp³-hybridized carbons (Fsp3) is 0.769. The first-order chi connectivity index (χ1) is 9.81. The van der Waals surface area contributed by atoms with Crippen LogP contribution in [-0.2, 0) is 4.74 Å². The molecule has 7 heteroatoms. The van der Waals surface area contributed by atoms with Crippen LogP contribution in [0, 0.1) is 5.92 Å². The highest BCUT2D eigenvalue weighted by Crippen LogP contribution is 2.28. The molecular formula is C13H23N5O2. The van der Waals surface area contributed by atoms with E-state index in [1.165, 1.54) is 12.8 Å². The van der Waals surface area contributed by atoms with E-state index < -0.39 is 0 Å². The Morgan fingerprint density at radius 2 is 1.85 bits per heavy atom. The summed E-state index contributed by atoms with van der Waals surface area (Å²) in [5.74, 6) is 1.82. The van der Waals surface area contributed by atoms with Crippen molar-refractivity contribution in [3.63, 3.8) is 0 Å². The Morgan fingerprint density at radius 3 is 2.50 bits per heavy atom. The Balaban J connectivity index is 1.80. The van der Waals surface area contributed by atoms with E-state index in [9.17, 15) is 0 Å². The van der Waals surface area contributed by atoms with Gasteiger partial charge in [-0.05, 0) is 32.6 Å². The van der Waals surface area contributed by atoms with E-state index in [1.807, 2.05) is 13.8 Å². The number of anilines is 2. The van der Waals surface area contributed by atoms with Gasteiger partial charge >= 0.3 is 6.01 Å². The van der Waals surface area contributed by atoms with E-state index in [0.29, 0.717) is 37.7 Å². The fourth-order valence-corrected chi connectivity index (χ4v) is 1.64. The summed E-state index contributed by atoms with van der Waals surface area (Å²) >= 11 is 0. The number of aromatic nitrogens is 3. The maximum Gasteiger partial charge on any atom is 0.323 e. The molecule has 20 heavy (non-hydrogen) atoms. The maximum atomic E-state index is 5.55. The van der Waals surface area contributed by atoms with Crippen LogP contribution in [-0.4, -0.2) is 47.9 Å². The Kier molecular flexibility index (Phi) is 5.79. The predicted octanol–water partition coefficient (Wildman–Crippen LogP) is 1.54. The molecule has 0 spiro atoms.